The van der Waals surface area contributed by atoms with E-state index in [-0.39, 0.29) is 11.7 Å². The summed E-state index contributed by atoms with van der Waals surface area (Å²) in [6.07, 6.45) is 1.77. The zero-order valence-corrected chi connectivity index (χ0v) is 14.3. The van der Waals surface area contributed by atoms with Gasteiger partial charge in [-0.05, 0) is 31.9 Å². The number of amides is 1. The van der Waals surface area contributed by atoms with Gasteiger partial charge < -0.3 is 10.2 Å². The Kier molecular flexibility index (Phi) is 6.23. The van der Waals surface area contributed by atoms with E-state index in [2.05, 4.69) is 15.3 Å². The van der Waals surface area contributed by atoms with Gasteiger partial charge in [-0.15, -0.1) is 0 Å². The molecule has 0 atom stereocenters. The predicted molar refractivity (Wildman–Crippen MR) is 92.9 cm³/mol. The second kappa shape index (κ2) is 8.38. The van der Waals surface area contributed by atoms with Crippen LogP contribution in [-0.2, 0) is 0 Å². The number of para-hydroxylation sites is 1. The standard InChI is InChI=1S/C18H23FN4O/c1-4-10-23(11-5-2)18(24)16-12-17(21-13(3)20-16)22-15-9-7-6-8-14(15)19/h6-9,12H,4-5,10-11H2,1-3H3,(H,20,21,22). The highest BCUT2D eigenvalue weighted by atomic mass is 19.1. The molecule has 0 radical (unpaired) electrons. The summed E-state index contributed by atoms with van der Waals surface area (Å²) in [5.41, 5.74) is 0.635. The van der Waals surface area contributed by atoms with Crippen molar-refractivity contribution in [2.24, 2.45) is 0 Å². The summed E-state index contributed by atoms with van der Waals surface area (Å²) in [5, 5.41) is 2.91. The lowest BCUT2D eigenvalue weighted by Crippen LogP contribution is -2.33. The van der Waals surface area contributed by atoms with Gasteiger partial charge in [0.25, 0.3) is 5.91 Å². The van der Waals surface area contributed by atoms with Crippen molar-refractivity contribution >= 4 is 17.4 Å². The summed E-state index contributed by atoms with van der Waals surface area (Å²) in [6.45, 7) is 7.16. The van der Waals surface area contributed by atoms with Gasteiger partial charge in [0.05, 0.1) is 5.69 Å². The van der Waals surface area contributed by atoms with Crippen LogP contribution in [0.25, 0.3) is 0 Å². The molecule has 1 amide bonds. The van der Waals surface area contributed by atoms with Gasteiger partial charge in [0.15, 0.2) is 0 Å². The number of carbonyl (C=O) groups is 1. The number of halogens is 1. The topological polar surface area (TPSA) is 58.1 Å². The number of nitrogens with one attached hydrogen (secondary N) is 1. The third-order valence-electron chi connectivity index (χ3n) is 3.47. The molecular weight excluding hydrogens is 307 g/mol. The summed E-state index contributed by atoms with van der Waals surface area (Å²) in [4.78, 5) is 23.0. The highest BCUT2D eigenvalue weighted by molar-refractivity contribution is 5.93. The van der Waals surface area contributed by atoms with Crippen molar-refractivity contribution in [3.63, 3.8) is 0 Å². The predicted octanol–water partition coefficient (Wildman–Crippen LogP) is 3.93. The lowest BCUT2D eigenvalue weighted by molar-refractivity contribution is 0.0749. The Morgan fingerprint density at radius 3 is 2.46 bits per heavy atom. The Morgan fingerprint density at radius 1 is 1.17 bits per heavy atom. The Morgan fingerprint density at radius 2 is 1.83 bits per heavy atom. The SMILES string of the molecule is CCCN(CCC)C(=O)c1cc(Nc2ccccc2F)nc(C)n1. The molecule has 0 aliphatic heterocycles. The van der Waals surface area contributed by atoms with E-state index in [9.17, 15) is 9.18 Å². The van der Waals surface area contributed by atoms with Gasteiger partial charge >= 0.3 is 0 Å². The molecule has 0 spiro atoms. The summed E-state index contributed by atoms with van der Waals surface area (Å²) < 4.78 is 13.8. The first-order valence-corrected chi connectivity index (χ1v) is 8.21. The molecule has 0 aliphatic rings. The summed E-state index contributed by atoms with van der Waals surface area (Å²) in [6, 6.07) is 7.91. The number of nitrogens with zero attached hydrogens (tertiary/aromatic N) is 3. The Balaban J connectivity index is 2.27. The van der Waals surface area contributed by atoms with E-state index in [1.54, 1.807) is 36.1 Å². The molecule has 0 saturated heterocycles. The average Bonchev–Trinajstić information content (AvgIpc) is 2.55. The lowest BCUT2D eigenvalue weighted by atomic mass is 10.2. The number of aryl methyl sites for hydroxylation is 1. The fourth-order valence-corrected chi connectivity index (χ4v) is 2.46. The van der Waals surface area contributed by atoms with Crippen LogP contribution in [0, 0.1) is 12.7 Å². The van der Waals surface area contributed by atoms with Crippen molar-refractivity contribution in [3.8, 4) is 0 Å². The largest absolute Gasteiger partial charge is 0.338 e. The van der Waals surface area contributed by atoms with Gasteiger partial charge in [-0.2, -0.15) is 0 Å². The molecule has 0 fully saturated rings. The summed E-state index contributed by atoms with van der Waals surface area (Å²) in [7, 11) is 0. The van der Waals surface area contributed by atoms with Crippen LogP contribution in [-0.4, -0.2) is 33.9 Å². The van der Waals surface area contributed by atoms with Gasteiger partial charge in [0.2, 0.25) is 0 Å². The molecule has 1 aromatic heterocycles. The number of aromatic nitrogens is 2. The highest BCUT2D eigenvalue weighted by Crippen LogP contribution is 2.19. The molecule has 6 heteroatoms. The van der Waals surface area contributed by atoms with E-state index >= 15 is 0 Å². The van der Waals surface area contributed by atoms with Gasteiger partial charge in [-0.3, -0.25) is 4.79 Å². The van der Waals surface area contributed by atoms with Crippen molar-refractivity contribution in [1.29, 1.82) is 0 Å². The van der Waals surface area contributed by atoms with Crippen molar-refractivity contribution in [2.75, 3.05) is 18.4 Å². The van der Waals surface area contributed by atoms with Crippen LogP contribution < -0.4 is 5.32 Å². The molecule has 0 saturated carbocycles. The van der Waals surface area contributed by atoms with Crippen molar-refractivity contribution in [2.45, 2.75) is 33.6 Å². The van der Waals surface area contributed by atoms with Crippen LogP contribution in [0.3, 0.4) is 0 Å². The normalized spacial score (nSPS) is 10.5. The Bertz CT molecular complexity index is 699. The van der Waals surface area contributed by atoms with E-state index in [4.69, 9.17) is 0 Å². The number of hydrogen-bond acceptors (Lipinski definition) is 4. The number of benzene rings is 1. The molecular formula is C18H23FN4O. The highest BCUT2D eigenvalue weighted by Gasteiger charge is 2.17. The first-order chi connectivity index (χ1) is 11.5. The molecule has 128 valence electrons. The molecule has 1 heterocycles. The Hall–Kier alpha value is -2.50. The minimum absolute atomic E-state index is 0.124. The molecule has 2 aromatic rings. The number of anilines is 2. The van der Waals surface area contributed by atoms with Crippen LogP contribution >= 0.6 is 0 Å². The lowest BCUT2D eigenvalue weighted by Gasteiger charge is -2.21. The van der Waals surface area contributed by atoms with Crippen LogP contribution in [0.2, 0.25) is 0 Å². The van der Waals surface area contributed by atoms with E-state index in [0.29, 0.717) is 36.1 Å². The van der Waals surface area contributed by atoms with E-state index in [1.807, 2.05) is 13.8 Å². The average molecular weight is 330 g/mol. The van der Waals surface area contributed by atoms with Crippen LogP contribution in [0.4, 0.5) is 15.9 Å². The van der Waals surface area contributed by atoms with E-state index < -0.39 is 0 Å². The molecule has 24 heavy (non-hydrogen) atoms. The van der Waals surface area contributed by atoms with Gasteiger partial charge in [0.1, 0.15) is 23.2 Å². The van der Waals surface area contributed by atoms with E-state index in [0.717, 1.165) is 12.8 Å². The third-order valence-corrected chi connectivity index (χ3v) is 3.47. The zero-order chi connectivity index (χ0) is 17.5. The number of carbonyl (C=O) groups excluding carboxylic acids is 1. The number of rotatable bonds is 7. The molecule has 1 aromatic carbocycles. The third kappa shape index (κ3) is 4.50. The van der Waals surface area contributed by atoms with E-state index in [1.165, 1.54) is 6.07 Å². The zero-order valence-electron chi connectivity index (χ0n) is 14.3. The van der Waals surface area contributed by atoms with Crippen LogP contribution in [0.1, 0.15) is 43.0 Å². The van der Waals surface area contributed by atoms with Crippen LogP contribution in [0.15, 0.2) is 30.3 Å². The minimum atomic E-state index is -0.375. The smallest absolute Gasteiger partial charge is 0.272 e. The first kappa shape index (κ1) is 17.8. The first-order valence-electron chi connectivity index (χ1n) is 8.21. The second-order valence-electron chi connectivity index (χ2n) is 5.58. The molecule has 1 N–H and O–H groups in total. The maximum Gasteiger partial charge on any atom is 0.272 e. The summed E-state index contributed by atoms with van der Waals surface area (Å²) in [5.74, 6) is 0.373. The second-order valence-corrected chi connectivity index (χ2v) is 5.58. The van der Waals surface area contributed by atoms with Crippen LogP contribution in [0.5, 0.6) is 0 Å². The van der Waals surface area contributed by atoms with Gasteiger partial charge in [0, 0.05) is 19.2 Å². The molecule has 0 aliphatic carbocycles. The number of hydrogen-bond donors (Lipinski definition) is 1. The summed E-state index contributed by atoms with van der Waals surface area (Å²) >= 11 is 0. The maximum absolute atomic E-state index is 13.8. The van der Waals surface area contributed by atoms with Crippen molar-refractivity contribution in [3.05, 3.63) is 47.7 Å². The molecule has 0 unspecified atom stereocenters. The van der Waals surface area contributed by atoms with Gasteiger partial charge in [-0.1, -0.05) is 26.0 Å². The molecule has 0 bridgehead atoms. The Labute approximate surface area is 141 Å². The monoisotopic (exact) mass is 330 g/mol. The molecule has 2 rings (SSSR count). The quantitative estimate of drug-likeness (QED) is 0.835. The van der Waals surface area contributed by atoms with Crippen molar-refractivity contribution < 1.29 is 9.18 Å². The van der Waals surface area contributed by atoms with Crippen molar-refractivity contribution in [1.82, 2.24) is 14.9 Å². The minimum Gasteiger partial charge on any atom is -0.338 e. The molecule has 5 nitrogen and oxygen atoms in total. The van der Waals surface area contributed by atoms with Gasteiger partial charge in [-0.25, -0.2) is 14.4 Å². The maximum atomic E-state index is 13.8. The fourth-order valence-electron chi connectivity index (χ4n) is 2.46. The fraction of sp³-hybridized carbons (Fsp3) is 0.389.